The van der Waals surface area contributed by atoms with Crippen LogP contribution in [0.4, 0.5) is 0 Å². The highest BCUT2D eigenvalue weighted by Gasteiger charge is 2.52. The molecule has 232 valence electrons. The van der Waals surface area contributed by atoms with E-state index in [1.807, 2.05) is 0 Å². The number of hydrogen-bond donors (Lipinski definition) is 2. The van der Waals surface area contributed by atoms with Crippen LogP contribution >= 0.6 is 0 Å². The molecule has 5 heteroatoms. The summed E-state index contributed by atoms with van der Waals surface area (Å²) in [6, 6.07) is 0. The molecule has 5 nitrogen and oxygen atoms in total. The standard InChI is InChI=1S/C35H64N2O3/c1-5-32(3,29-18-14-10-9-11-15-19-29)40-33(4,6-2)37-35-25-22-34(23-26-35,24-27-35)36-31(38)28-39-30-20-16-12-7-8-13-17-21-30/h29-30,37H,5-28H2,1-4H3,(H,36,38). The van der Waals surface area contributed by atoms with Crippen LogP contribution in [0.15, 0.2) is 0 Å². The largest absolute Gasteiger partial charge is 0.368 e. The summed E-state index contributed by atoms with van der Waals surface area (Å²) >= 11 is 0. The zero-order chi connectivity index (χ0) is 28.5. The van der Waals surface area contributed by atoms with Crippen LogP contribution in [0, 0.1) is 5.92 Å². The van der Waals surface area contributed by atoms with Gasteiger partial charge in [0.1, 0.15) is 12.3 Å². The van der Waals surface area contributed by atoms with Crippen molar-refractivity contribution in [2.45, 2.75) is 204 Å². The van der Waals surface area contributed by atoms with Gasteiger partial charge in [0.05, 0.1) is 11.7 Å². The Morgan fingerprint density at radius 2 is 1.18 bits per heavy atom. The van der Waals surface area contributed by atoms with Crippen LogP contribution < -0.4 is 10.6 Å². The van der Waals surface area contributed by atoms with Crippen molar-refractivity contribution in [3.8, 4) is 0 Å². The smallest absolute Gasteiger partial charge is 0.246 e. The average Bonchev–Trinajstić information content (AvgIpc) is 3.06. The fraction of sp³-hybridized carbons (Fsp3) is 0.971. The number of amides is 1. The van der Waals surface area contributed by atoms with Gasteiger partial charge in [0.15, 0.2) is 0 Å². The molecule has 0 spiro atoms. The minimum absolute atomic E-state index is 0.0391. The maximum absolute atomic E-state index is 13.0. The van der Waals surface area contributed by atoms with Gasteiger partial charge in [-0.2, -0.15) is 0 Å². The molecule has 0 aromatic rings. The second-order valence-corrected chi connectivity index (χ2v) is 14.8. The van der Waals surface area contributed by atoms with Gasteiger partial charge in [0, 0.05) is 11.1 Å². The van der Waals surface area contributed by atoms with Gasteiger partial charge >= 0.3 is 0 Å². The van der Waals surface area contributed by atoms with E-state index in [2.05, 4.69) is 38.3 Å². The van der Waals surface area contributed by atoms with Crippen LogP contribution in [0.25, 0.3) is 0 Å². The molecule has 2 bridgehead atoms. The fourth-order valence-corrected chi connectivity index (χ4v) is 8.62. The second kappa shape index (κ2) is 14.7. The molecule has 2 N–H and O–H groups in total. The lowest BCUT2D eigenvalue weighted by atomic mass is 9.61. The molecule has 0 heterocycles. The molecule has 0 aromatic heterocycles. The predicted octanol–water partition coefficient (Wildman–Crippen LogP) is 8.73. The first-order valence-corrected chi connectivity index (χ1v) is 17.7. The highest BCUT2D eigenvalue weighted by Crippen LogP contribution is 2.49. The maximum Gasteiger partial charge on any atom is 0.246 e. The van der Waals surface area contributed by atoms with E-state index in [0.29, 0.717) is 5.92 Å². The number of carbonyl (C=O) groups excluding carboxylic acids is 1. The Bertz CT molecular complexity index is 744. The Kier molecular flexibility index (Phi) is 11.8. The lowest BCUT2D eigenvalue weighted by molar-refractivity contribution is -0.201. The highest BCUT2D eigenvalue weighted by molar-refractivity contribution is 5.78. The first kappa shape index (κ1) is 32.3. The molecule has 40 heavy (non-hydrogen) atoms. The minimum atomic E-state index is -0.321. The van der Waals surface area contributed by atoms with E-state index >= 15 is 0 Å². The molecule has 2 atom stereocenters. The van der Waals surface area contributed by atoms with Crippen LogP contribution in [0.5, 0.6) is 0 Å². The SMILES string of the molecule is CCC(C)(NC12CCC(NC(=O)COC3CCCCCCCC3)(CC1)CC2)OC(C)(CC)C1CCCCCCC1. The van der Waals surface area contributed by atoms with Gasteiger partial charge in [-0.1, -0.05) is 84.5 Å². The van der Waals surface area contributed by atoms with Gasteiger partial charge in [0.2, 0.25) is 5.91 Å². The molecule has 0 aromatic carbocycles. The molecular formula is C35H64N2O3. The fourth-order valence-electron chi connectivity index (χ4n) is 8.62. The number of nitrogens with one attached hydrogen (secondary N) is 2. The molecule has 0 radical (unpaired) electrons. The topological polar surface area (TPSA) is 59.6 Å². The summed E-state index contributed by atoms with van der Waals surface area (Å²) in [5.41, 5.74) is -0.316. The summed E-state index contributed by atoms with van der Waals surface area (Å²) in [5.74, 6) is 0.750. The summed E-state index contributed by atoms with van der Waals surface area (Å²) in [6.07, 6.45) is 28.3. The minimum Gasteiger partial charge on any atom is -0.368 e. The van der Waals surface area contributed by atoms with Crippen LogP contribution in [-0.4, -0.2) is 41.0 Å². The number of fused-ring (bicyclic) bond motifs is 3. The Balaban J connectivity index is 1.29. The second-order valence-electron chi connectivity index (χ2n) is 14.8. The van der Waals surface area contributed by atoms with Crippen molar-refractivity contribution < 1.29 is 14.3 Å². The number of hydrogen-bond acceptors (Lipinski definition) is 4. The normalized spacial score (nSPS) is 32.5. The van der Waals surface area contributed by atoms with E-state index in [1.54, 1.807) is 0 Å². The van der Waals surface area contributed by atoms with Crippen molar-refractivity contribution in [1.29, 1.82) is 0 Å². The van der Waals surface area contributed by atoms with Crippen molar-refractivity contribution in [1.82, 2.24) is 10.6 Å². The van der Waals surface area contributed by atoms with Gasteiger partial charge in [-0.3, -0.25) is 10.1 Å². The van der Waals surface area contributed by atoms with E-state index in [0.717, 1.165) is 64.2 Å². The summed E-state index contributed by atoms with van der Waals surface area (Å²) in [5, 5.41) is 7.61. The highest BCUT2D eigenvalue weighted by atomic mass is 16.5. The quantitative estimate of drug-likeness (QED) is 0.248. The van der Waals surface area contributed by atoms with Crippen molar-refractivity contribution in [3.63, 3.8) is 0 Å². The number of ether oxygens (including phenoxy) is 2. The van der Waals surface area contributed by atoms with Gasteiger partial charge < -0.3 is 14.8 Å². The molecule has 0 aliphatic heterocycles. The van der Waals surface area contributed by atoms with E-state index < -0.39 is 0 Å². The molecule has 1 amide bonds. The summed E-state index contributed by atoms with van der Waals surface area (Å²) in [4.78, 5) is 13.0. The Labute approximate surface area is 247 Å². The molecule has 5 rings (SSSR count). The first-order valence-electron chi connectivity index (χ1n) is 17.7. The van der Waals surface area contributed by atoms with Gasteiger partial charge in [0.25, 0.3) is 0 Å². The summed E-state index contributed by atoms with van der Waals surface area (Å²) in [7, 11) is 0. The third kappa shape index (κ3) is 8.69. The zero-order valence-electron chi connectivity index (χ0n) is 26.9. The number of rotatable bonds is 11. The van der Waals surface area contributed by atoms with Gasteiger partial charge in [-0.05, 0) is 96.8 Å². The van der Waals surface area contributed by atoms with Crippen LogP contribution in [0.1, 0.15) is 175 Å². The maximum atomic E-state index is 13.0. The molecular weight excluding hydrogens is 496 g/mol. The first-order chi connectivity index (χ1) is 19.2. The molecule has 2 unspecified atom stereocenters. The Hall–Kier alpha value is -0.650. The summed E-state index contributed by atoms with van der Waals surface area (Å²) < 4.78 is 13.4. The number of carbonyl (C=O) groups is 1. The van der Waals surface area contributed by atoms with E-state index in [4.69, 9.17) is 9.47 Å². The Morgan fingerprint density at radius 1 is 0.700 bits per heavy atom. The predicted molar refractivity (Wildman–Crippen MR) is 165 cm³/mol. The molecule has 0 saturated heterocycles. The van der Waals surface area contributed by atoms with Crippen LogP contribution in [-0.2, 0) is 14.3 Å². The summed E-state index contributed by atoms with van der Waals surface area (Å²) in [6.45, 7) is 9.55. The van der Waals surface area contributed by atoms with Gasteiger partial charge in [-0.25, -0.2) is 0 Å². The molecule has 5 aliphatic rings. The third-order valence-electron chi connectivity index (χ3n) is 11.7. The van der Waals surface area contributed by atoms with Crippen LogP contribution in [0.3, 0.4) is 0 Å². The van der Waals surface area contributed by atoms with E-state index in [-0.39, 0.29) is 41.0 Å². The lowest BCUT2D eigenvalue weighted by Gasteiger charge is -2.57. The average molecular weight is 561 g/mol. The molecule has 5 aliphatic carbocycles. The monoisotopic (exact) mass is 560 g/mol. The zero-order valence-corrected chi connectivity index (χ0v) is 26.9. The van der Waals surface area contributed by atoms with Crippen LogP contribution in [0.2, 0.25) is 0 Å². The Morgan fingerprint density at radius 3 is 1.68 bits per heavy atom. The van der Waals surface area contributed by atoms with Crippen molar-refractivity contribution in [2.24, 2.45) is 5.92 Å². The van der Waals surface area contributed by atoms with E-state index in [1.165, 1.54) is 83.5 Å². The molecule has 5 saturated carbocycles. The van der Waals surface area contributed by atoms with Crippen molar-refractivity contribution in [3.05, 3.63) is 0 Å². The third-order valence-corrected chi connectivity index (χ3v) is 11.7. The van der Waals surface area contributed by atoms with E-state index in [9.17, 15) is 4.79 Å². The van der Waals surface area contributed by atoms with Crippen molar-refractivity contribution in [2.75, 3.05) is 6.61 Å². The van der Waals surface area contributed by atoms with Crippen molar-refractivity contribution >= 4 is 5.91 Å². The molecule has 5 fully saturated rings. The van der Waals surface area contributed by atoms with Gasteiger partial charge in [-0.15, -0.1) is 0 Å². The lowest BCUT2D eigenvalue weighted by Crippen LogP contribution is -2.68.